The number of carbonyl (C=O) groups is 1. The van der Waals surface area contributed by atoms with Crippen molar-refractivity contribution in [2.75, 3.05) is 25.2 Å². The molecule has 0 spiro atoms. The molecule has 1 amide bonds. The van der Waals surface area contributed by atoms with E-state index in [4.69, 9.17) is 9.47 Å². The van der Waals surface area contributed by atoms with Gasteiger partial charge in [0.1, 0.15) is 17.3 Å². The Labute approximate surface area is 134 Å². The largest absolute Gasteiger partial charge is 0.497 e. The summed E-state index contributed by atoms with van der Waals surface area (Å²) < 4.78 is 23.6. The van der Waals surface area contributed by atoms with Gasteiger partial charge in [0.05, 0.1) is 12.8 Å². The minimum atomic E-state index is -0.333. The fraction of sp³-hybridized carbons (Fsp3) is 0.278. The summed E-state index contributed by atoms with van der Waals surface area (Å²) in [6, 6.07) is 11.4. The van der Waals surface area contributed by atoms with Crippen LogP contribution in [0.25, 0.3) is 0 Å². The summed E-state index contributed by atoms with van der Waals surface area (Å²) in [5, 5.41) is 0. The Morgan fingerprint density at radius 2 is 1.91 bits per heavy atom. The molecule has 4 nitrogen and oxygen atoms in total. The number of hydrogen-bond donors (Lipinski definition) is 0. The topological polar surface area (TPSA) is 38.8 Å². The van der Waals surface area contributed by atoms with Crippen LogP contribution in [0.5, 0.6) is 11.5 Å². The van der Waals surface area contributed by atoms with Crippen LogP contribution in [0, 0.1) is 5.82 Å². The molecule has 2 aromatic rings. The van der Waals surface area contributed by atoms with Crippen molar-refractivity contribution in [2.45, 2.75) is 12.8 Å². The van der Waals surface area contributed by atoms with Crippen LogP contribution in [-0.4, -0.2) is 26.2 Å². The van der Waals surface area contributed by atoms with Gasteiger partial charge in [0, 0.05) is 12.6 Å². The third-order valence-corrected chi connectivity index (χ3v) is 3.89. The number of anilines is 1. The Kier molecular flexibility index (Phi) is 4.46. The van der Waals surface area contributed by atoms with Crippen molar-refractivity contribution in [3.63, 3.8) is 0 Å². The van der Waals surface area contributed by atoms with E-state index in [1.54, 1.807) is 12.0 Å². The predicted octanol–water partition coefficient (Wildman–Crippen LogP) is 3.19. The first kappa shape index (κ1) is 15.3. The number of rotatable bonds is 4. The summed E-state index contributed by atoms with van der Waals surface area (Å²) in [6.07, 6.45) is 1.86. The van der Waals surface area contributed by atoms with Gasteiger partial charge < -0.3 is 14.4 Å². The van der Waals surface area contributed by atoms with E-state index < -0.39 is 0 Å². The van der Waals surface area contributed by atoms with E-state index in [2.05, 4.69) is 0 Å². The second-order valence-corrected chi connectivity index (χ2v) is 5.39. The van der Waals surface area contributed by atoms with Crippen LogP contribution < -0.4 is 14.4 Å². The van der Waals surface area contributed by atoms with Gasteiger partial charge >= 0.3 is 0 Å². The second-order valence-electron chi connectivity index (χ2n) is 5.39. The van der Waals surface area contributed by atoms with Crippen molar-refractivity contribution in [3.05, 3.63) is 53.8 Å². The lowest BCUT2D eigenvalue weighted by molar-refractivity contribution is -0.120. The molecule has 0 N–H and O–H groups in total. The quantitative estimate of drug-likeness (QED) is 0.870. The number of methoxy groups -OCH3 is 1. The van der Waals surface area contributed by atoms with Crippen LogP contribution in [0.4, 0.5) is 10.1 Å². The maximum atomic E-state index is 12.9. The van der Waals surface area contributed by atoms with Crippen molar-refractivity contribution < 1.29 is 18.7 Å². The van der Waals surface area contributed by atoms with Crippen LogP contribution in [-0.2, 0) is 11.2 Å². The lowest BCUT2D eigenvalue weighted by atomic mass is 10.0. The van der Waals surface area contributed by atoms with E-state index in [0.717, 1.165) is 29.8 Å². The van der Waals surface area contributed by atoms with Crippen molar-refractivity contribution in [1.82, 2.24) is 0 Å². The number of hydrogen-bond acceptors (Lipinski definition) is 3. The third kappa shape index (κ3) is 3.44. The van der Waals surface area contributed by atoms with Gasteiger partial charge in [-0.1, -0.05) is 6.07 Å². The Morgan fingerprint density at radius 1 is 1.17 bits per heavy atom. The molecule has 0 atom stereocenters. The number of fused-ring (bicyclic) bond motifs is 1. The second kappa shape index (κ2) is 6.69. The molecule has 120 valence electrons. The van der Waals surface area contributed by atoms with Gasteiger partial charge in [0.25, 0.3) is 5.91 Å². The number of ether oxygens (including phenoxy) is 2. The monoisotopic (exact) mass is 315 g/mol. The molecule has 0 fully saturated rings. The molecule has 1 heterocycles. The molecule has 0 unspecified atom stereocenters. The van der Waals surface area contributed by atoms with Gasteiger partial charge in [-0.25, -0.2) is 4.39 Å². The zero-order valence-corrected chi connectivity index (χ0v) is 12.9. The molecular formula is C18H18FNO3. The van der Waals surface area contributed by atoms with E-state index in [1.165, 1.54) is 24.3 Å². The highest BCUT2D eigenvalue weighted by Crippen LogP contribution is 2.31. The number of benzene rings is 2. The van der Waals surface area contributed by atoms with Crippen molar-refractivity contribution in [1.29, 1.82) is 0 Å². The molecule has 0 radical (unpaired) electrons. The maximum Gasteiger partial charge on any atom is 0.264 e. The first-order chi connectivity index (χ1) is 11.2. The summed E-state index contributed by atoms with van der Waals surface area (Å²) >= 11 is 0. The number of nitrogens with zero attached hydrogens (tertiary/aromatic N) is 1. The Morgan fingerprint density at radius 3 is 2.65 bits per heavy atom. The average Bonchev–Trinajstić information content (AvgIpc) is 2.60. The zero-order chi connectivity index (χ0) is 16.2. The van der Waals surface area contributed by atoms with Crippen LogP contribution in [0.1, 0.15) is 12.0 Å². The highest BCUT2D eigenvalue weighted by atomic mass is 19.1. The Bertz CT molecular complexity index is 700. The first-order valence-corrected chi connectivity index (χ1v) is 7.53. The molecule has 0 saturated carbocycles. The molecule has 0 saturated heterocycles. The maximum absolute atomic E-state index is 12.9. The number of carbonyl (C=O) groups excluding carboxylic acids is 1. The molecule has 23 heavy (non-hydrogen) atoms. The standard InChI is InChI=1S/C18H18FNO3/c1-22-16-7-4-13-3-2-10-20(17(13)11-16)18(21)12-23-15-8-5-14(19)6-9-15/h4-9,11H,2-3,10,12H2,1H3. The SMILES string of the molecule is COc1ccc2c(c1)N(C(=O)COc1ccc(F)cc1)CCC2. The van der Waals surface area contributed by atoms with Gasteiger partial charge in [-0.05, 0) is 48.7 Å². The summed E-state index contributed by atoms with van der Waals surface area (Å²) in [7, 11) is 1.61. The van der Waals surface area contributed by atoms with Gasteiger partial charge in [-0.15, -0.1) is 0 Å². The fourth-order valence-corrected chi connectivity index (χ4v) is 2.69. The summed E-state index contributed by atoms with van der Waals surface area (Å²) in [5.74, 6) is 0.745. The van der Waals surface area contributed by atoms with Crippen molar-refractivity contribution >= 4 is 11.6 Å². The normalized spacial score (nSPS) is 13.4. The highest BCUT2D eigenvalue weighted by Gasteiger charge is 2.23. The Balaban J connectivity index is 1.72. The summed E-state index contributed by atoms with van der Waals surface area (Å²) in [6.45, 7) is 0.577. The number of aryl methyl sites for hydroxylation is 1. The van der Waals surface area contributed by atoms with Crippen molar-refractivity contribution in [2.24, 2.45) is 0 Å². The lowest BCUT2D eigenvalue weighted by Crippen LogP contribution is -2.38. The molecule has 5 heteroatoms. The minimum absolute atomic E-state index is 0.0811. The third-order valence-electron chi connectivity index (χ3n) is 3.89. The van der Waals surface area contributed by atoms with Crippen LogP contribution in [0.15, 0.2) is 42.5 Å². The van der Waals surface area contributed by atoms with Crippen LogP contribution >= 0.6 is 0 Å². The fourth-order valence-electron chi connectivity index (χ4n) is 2.69. The van der Waals surface area contributed by atoms with Gasteiger partial charge in [-0.2, -0.15) is 0 Å². The number of halogens is 1. The molecule has 1 aliphatic heterocycles. The predicted molar refractivity (Wildman–Crippen MR) is 85.6 cm³/mol. The van der Waals surface area contributed by atoms with E-state index in [-0.39, 0.29) is 18.3 Å². The zero-order valence-electron chi connectivity index (χ0n) is 12.9. The van der Waals surface area contributed by atoms with Gasteiger partial charge in [0.2, 0.25) is 0 Å². The minimum Gasteiger partial charge on any atom is -0.497 e. The smallest absolute Gasteiger partial charge is 0.264 e. The first-order valence-electron chi connectivity index (χ1n) is 7.53. The van der Waals surface area contributed by atoms with E-state index in [0.29, 0.717) is 12.3 Å². The Hall–Kier alpha value is -2.56. The molecule has 0 bridgehead atoms. The molecular weight excluding hydrogens is 297 g/mol. The van der Waals surface area contributed by atoms with Crippen LogP contribution in [0.2, 0.25) is 0 Å². The molecule has 0 aliphatic carbocycles. The van der Waals surface area contributed by atoms with Crippen LogP contribution in [0.3, 0.4) is 0 Å². The molecule has 2 aromatic carbocycles. The van der Waals surface area contributed by atoms with Gasteiger partial charge in [0.15, 0.2) is 6.61 Å². The van der Waals surface area contributed by atoms with Crippen molar-refractivity contribution in [3.8, 4) is 11.5 Å². The number of amides is 1. The average molecular weight is 315 g/mol. The van der Waals surface area contributed by atoms with E-state index >= 15 is 0 Å². The summed E-state index contributed by atoms with van der Waals surface area (Å²) in [4.78, 5) is 14.2. The molecule has 0 aromatic heterocycles. The summed E-state index contributed by atoms with van der Waals surface area (Å²) in [5.41, 5.74) is 2.01. The van der Waals surface area contributed by atoms with E-state index in [1.807, 2.05) is 18.2 Å². The molecule has 1 aliphatic rings. The molecule has 3 rings (SSSR count). The van der Waals surface area contributed by atoms with Gasteiger partial charge in [-0.3, -0.25) is 4.79 Å². The lowest BCUT2D eigenvalue weighted by Gasteiger charge is -2.29. The highest BCUT2D eigenvalue weighted by molar-refractivity contribution is 5.95. The van der Waals surface area contributed by atoms with E-state index in [9.17, 15) is 9.18 Å².